The van der Waals surface area contributed by atoms with Crippen molar-refractivity contribution in [1.82, 2.24) is 0 Å². The van der Waals surface area contributed by atoms with Gasteiger partial charge in [0.1, 0.15) is 5.82 Å². The Balaban J connectivity index is 1.89. The van der Waals surface area contributed by atoms with Crippen LogP contribution in [0.4, 0.5) is 15.8 Å². The molecule has 0 unspecified atom stereocenters. The van der Waals surface area contributed by atoms with E-state index in [2.05, 4.69) is 26.1 Å². The van der Waals surface area contributed by atoms with Crippen LogP contribution in [0, 0.1) is 5.82 Å². The normalized spacial score (nSPS) is 14.1. The van der Waals surface area contributed by atoms with Crippen molar-refractivity contribution >= 4 is 44.8 Å². The van der Waals surface area contributed by atoms with Crippen molar-refractivity contribution in [2.24, 2.45) is 0 Å². The molecule has 0 atom stereocenters. The summed E-state index contributed by atoms with van der Waals surface area (Å²) in [6.07, 6.45) is 2.24. The molecular formula is C17H15BrClFN2O. The third kappa shape index (κ3) is 3.67. The van der Waals surface area contributed by atoms with Crippen LogP contribution in [0.3, 0.4) is 0 Å². The van der Waals surface area contributed by atoms with E-state index in [-0.39, 0.29) is 5.56 Å². The lowest BCUT2D eigenvalue weighted by molar-refractivity contribution is 0.102. The lowest BCUT2D eigenvalue weighted by Crippen LogP contribution is -2.21. The molecule has 120 valence electrons. The topological polar surface area (TPSA) is 32.3 Å². The first-order valence-corrected chi connectivity index (χ1v) is 8.52. The third-order valence-electron chi connectivity index (χ3n) is 3.83. The van der Waals surface area contributed by atoms with Crippen molar-refractivity contribution < 1.29 is 9.18 Å². The van der Waals surface area contributed by atoms with Gasteiger partial charge in [-0.3, -0.25) is 4.79 Å². The molecular weight excluding hydrogens is 383 g/mol. The summed E-state index contributed by atoms with van der Waals surface area (Å²) < 4.78 is 14.5. The maximum atomic E-state index is 14.0. The number of nitrogens with one attached hydrogen (secondary N) is 1. The Hall–Kier alpha value is -1.59. The summed E-state index contributed by atoms with van der Waals surface area (Å²) in [6, 6.07) is 9.75. The number of hydrogen-bond donors (Lipinski definition) is 1. The van der Waals surface area contributed by atoms with E-state index in [1.165, 1.54) is 12.1 Å². The molecule has 0 saturated carbocycles. The summed E-state index contributed by atoms with van der Waals surface area (Å²) in [6.45, 7) is 1.88. The molecule has 0 spiro atoms. The van der Waals surface area contributed by atoms with Crippen LogP contribution < -0.4 is 10.2 Å². The predicted octanol–water partition coefficient (Wildman–Crippen LogP) is 5.09. The van der Waals surface area contributed by atoms with Crippen LogP contribution in [0.15, 0.2) is 40.9 Å². The van der Waals surface area contributed by atoms with E-state index in [1.54, 1.807) is 18.2 Å². The van der Waals surface area contributed by atoms with E-state index in [4.69, 9.17) is 11.6 Å². The molecule has 0 aromatic heterocycles. The molecule has 3 nitrogen and oxygen atoms in total. The first kappa shape index (κ1) is 16.3. The van der Waals surface area contributed by atoms with Gasteiger partial charge >= 0.3 is 0 Å². The SMILES string of the molecule is O=C(Nc1cc(Cl)ccc1N1CCCC1)c1ccc(Br)cc1F. The maximum Gasteiger partial charge on any atom is 0.258 e. The fourth-order valence-electron chi connectivity index (χ4n) is 2.71. The van der Waals surface area contributed by atoms with E-state index in [1.807, 2.05) is 6.07 Å². The van der Waals surface area contributed by atoms with E-state index >= 15 is 0 Å². The Bertz CT molecular complexity index is 747. The third-order valence-corrected chi connectivity index (χ3v) is 4.56. The average molecular weight is 398 g/mol. The molecule has 1 N–H and O–H groups in total. The molecule has 3 rings (SSSR count). The second-order valence-corrected chi connectivity index (χ2v) is 6.79. The van der Waals surface area contributed by atoms with Crippen LogP contribution in [-0.4, -0.2) is 19.0 Å². The van der Waals surface area contributed by atoms with Crippen LogP contribution >= 0.6 is 27.5 Å². The molecule has 0 radical (unpaired) electrons. The molecule has 1 aliphatic heterocycles. The van der Waals surface area contributed by atoms with Gasteiger partial charge in [0.05, 0.1) is 16.9 Å². The number of hydrogen-bond acceptors (Lipinski definition) is 2. The molecule has 1 saturated heterocycles. The molecule has 1 aliphatic rings. The highest BCUT2D eigenvalue weighted by Crippen LogP contribution is 2.32. The smallest absolute Gasteiger partial charge is 0.258 e. The van der Waals surface area contributed by atoms with Gasteiger partial charge in [-0.15, -0.1) is 0 Å². The molecule has 1 amide bonds. The van der Waals surface area contributed by atoms with Gasteiger partial charge < -0.3 is 10.2 Å². The summed E-state index contributed by atoms with van der Waals surface area (Å²) in [5, 5.41) is 3.31. The fourth-order valence-corrected chi connectivity index (χ4v) is 3.21. The number of carbonyl (C=O) groups excluding carboxylic acids is 1. The molecule has 6 heteroatoms. The lowest BCUT2D eigenvalue weighted by Gasteiger charge is -2.22. The highest BCUT2D eigenvalue weighted by molar-refractivity contribution is 9.10. The minimum atomic E-state index is -0.568. The number of nitrogens with zero attached hydrogens (tertiary/aromatic N) is 1. The molecule has 2 aromatic rings. The van der Waals surface area contributed by atoms with Crippen molar-refractivity contribution in [2.75, 3.05) is 23.3 Å². The zero-order valence-corrected chi connectivity index (χ0v) is 14.6. The van der Waals surface area contributed by atoms with Crippen LogP contribution in [-0.2, 0) is 0 Å². The lowest BCUT2D eigenvalue weighted by atomic mass is 10.2. The minimum Gasteiger partial charge on any atom is -0.370 e. The van der Waals surface area contributed by atoms with Crippen LogP contribution in [0.2, 0.25) is 5.02 Å². The van der Waals surface area contributed by atoms with Crippen molar-refractivity contribution in [3.63, 3.8) is 0 Å². The Kier molecular flexibility index (Phi) is 4.87. The standard InChI is InChI=1S/C17H15BrClFN2O/c18-11-3-5-13(14(20)9-11)17(23)21-15-10-12(19)4-6-16(15)22-7-1-2-8-22/h3-6,9-10H,1-2,7-8H2,(H,21,23). The number of anilines is 2. The Morgan fingerprint density at radius 1 is 1.17 bits per heavy atom. The number of rotatable bonds is 3. The minimum absolute atomic E-state index is 0.000507. The van der Waals surface area contributed by atoms with Crippen molar-refractivity contribution in [3.8, 4) is 0 Å². The highest BCUT2D eigenvalue weighted by Gasteiger charge is 2.19. The first-order valence-electron chi connectivity index (χ1n) is 7.35. The largest absolute Gasteiger partial charge is 0.370 e. The van der Waals surface area contributed by atoms with Gasteiger partial charge in [0.15, 0.2) is 0 Å². The number of halogens is 3. The quantitative estimate of drug-likeness (QED) is 0.782. The molecule has 1 heterocycles. The van der Waals surface area contributed by atoms with E-state index < -0.39 is 11.7 Å². The average Bonchev–Trinajstić information content (AvgIpc) is 3.01. The summed E-state index contributed by atoms with van der Waals surface area (Å²) in [5.74, 6) is -1.06. The molecule has 1 fully saturated rings. The zero-order chi connectivity index (χ0) is 16.4. The van der Waals surface area contributed by atoms with Gasteiger partial charge in [0.25, 0.3) is 5.91 Å². The van der Waals surface area contributed by atoms with Crippen molar-refractivity contribution in [2.45, 2.75) is 12.8 Å². The number of carbonyl (C=O) groups is 1. The molecule has 2 aromatic carbocycles. The second-order valence-electron chi connectivity index (χ2n) is 5.43. The highest BCUT2D eigenvalue weighted by atomic mass is 79.9. The van der Waals surface area contributed by atoms with Crippen LogP contribution in [0.25, 0.3) is 0 Å². The summed E-state index contributed by atoms with van der Waals surface area (Å²) in [4.78, 5) is 14.6. The number of amides is 1. The zero-order valence-electron chi connectivity index (χ0n) is 12.3. The maximum absolute atomic E-state index is 14.0. The van der Waals surface area contributed by atoms with Crippen LogP contribution in [0.1, 0.15) is 23.2 Å². The van der Waals surface area contributed by atoms with Gasteiger partial charge in [-0.2, -0.15) is 0 Å². The fraction of sp³-hybridized carbons (Fsp3) is 0.235. The molecule has 0 bridgehead atoms. The van der Waals surface area contributed by atoms with Crippen molar-refractivity contribution in [1.29, 1.82) is 0 Å². The first-order chi connectivity index (χ1) is 11.0. The Morgan fingerprint density at radius 2 is 1.91 bits per heavy atom. The summed E-state index contributed by atoms with van der Waals surface area (Å²) >= 11 is 9.24. The Labute approximate surface area is 147 Å². The number of benzene rings is 2. The predicted molar refractivity (Wildman–Crippen MR) is 95.0 cm³/mol. The van der Waals surface area contributed by atoms with Gasteiger partial charge in [0, 0.05) is 22.6 Å². The van der Waals surface area contributed by atoms with E-state index in [9.17, 15) is 9.18 Å². The summed E-state index contributed by atoms with van der Waals surface area (Å²) in [5.41, 5.74) is 1.52. The van der Waals surface area contributed by atoms with Gasteiger partial charge in [0.2, 0.25) is 0 Å². The molecule has 0 aliphatic carbocycles. The van der Waals surface area contributed by atoms with Gasteiger partial charge in [-0.05, 0) is 49.2 Å². The summed E-state index contributed by atoms with van der Waals surface area (Å²) in [7, 11) is 0. The van der Waals surface area contributed by atoms with Gasteiger partial charge in [-0.25, -0.2) is 4.39 Å². The van der Waals surface area contributed by atoms with E-state index in [0.29, 0.717) is 15.2 Å². The second kappa shape index (κ2) is 6.89. The van der Waals surface area contributed by atoms with E-state index in [0.717, 1.165) is 31.6 Å². The monoisotopic (exact) mass is 396 g/mol. The van der Waals surface area contributed by atoms with Gasteiger partial charge in [-0.1, -0.05) is 27.5 Å². The van der Waals surface area contributed by atoms with Crippen molar-refractivity contribution in [3.05, 3.63) is 57.3 Å². The van der Waals surface area contributed by atoms with Crippen LogP contribution in [0.5, 0.6) is 0 Å². The Morgan fingerprint density at radius 3 is 2.61 bits per heavy atom. The molecule has 23 heavy (non-hydrogen) atoms.